The highest BCUT2D eigenvalue weighted by molar-refractivity contribution is 5.94. The molecular formula is C16H15N3O4. The summed E-state index contributed by atoms with van der Waals surface area (Å²) in [5.74, 6) is 0.0136. The van der Waals surface area contributed by atoms with Gasteiger partial charge in [0, 0.05) is 23.9 Å². The van der Waals surface area contributed by atoms with Gasteiger partial charge in [-0.05, 0) is 32.0 Å². The summed E-state index contributed by atoms with van der Waals surface area (Å²) in [6.07, 6.45) is 1.50. The lowest BCUT2D eigenvalue weighted by atomic mass is 10.2. The van der Waals surface area contributed by atoms with E-state index in [4.69, 9.17) is 9.15 Å². The molecule has 0 saturated heterocycles. The van der Waals surface area contributed by atoms with Gasteiger partial charge in [-0.2, -0.15) is 0 Å². The smallest absolute Gasteiger partial charge is 0.418 e. The van der Waals surface area contributed by atoms with Crippen LogP contribution in [0.1, 0.15) is 24.2 Å². The summed E-state index contributed by atoms with van der Waals surface area (Å²) in [6, 6.07) is 8.37. The fourth-order valence-electron chi connectivity index (χ4n) is 2.09. The summed E-state index contributed by atoms with van der Waals surface area (Å²) in [4.78, 5) is 29.8. The highest BCUT2D eigenvalue weighted by Crippen LogP contribution is 2.27. The highest BCUT2D eigenvalue weighted by atomic mass is 16.5. The van der Waals surface area contributed by atoms with Gasteiger partial charge in [-0.3, -0.25) is 9.78 Å². The van der Waals surface area contributed by atoms with Gasteiger partial charge in [0.1, 0.15) is 5.75 Å². The lowest BCUT2D eigenvalue weighted by Crippen LogP contribution is -2.29. The third-order valence-corrected chi connectivity index (χ3v) is 3.03. The summed E-state index contributed by atoms with van der Waals surface area (Å²) in [5, 5.41) is 2.81. The van der Waals surface area contributed by atoms with Gasteiger partial charge in [-0.1, -0.05) is 6.07 Å². The topological polar surface area (TPSA) is 97.2 Å². The number of nitrogens with zero attached hydrogens (tertiary/aromatic N) is 1. The van der Waals surface area contributed by atoms with Crippen LogP contribution in [0.4, 0.5) is 0 Å². The number of carbonyl (C=O) groups is 1. The van der Waals surface area contributed by atoms with Crippen LogP contribution in [0.3, 0.4) is 0 Å². The Morgan fingerprint density at radius 1 is 1.35 bits per heavy atom. The number of oxazole rings is 1. The van der Waals surface area contributed by atoms with Crippen LogP contribution in [0.25, 0.3) is 11.2 Å². The van der Waals surface area contributed by atoms with E-state index in [0.717, 1.165) is 0 Å². The second-order valence-electron chi connectivity index (χ2n) is 5.26. The summed E-state index contributed by atoms with van der Waals surface area (Å²) >= 11 is 0. The SMILES string of the molecule is CC(C)NC(=O)c1cccc(Oc2ccnc3[nH]c(=O)oc23)c1. The minimum Gasteiger partial charge on any atom is -0.453 e. The van der Waals surface area contributed by atoms with Gasteiger partial charge in [0.25, 0.3) is 5.91 Å². The van der Waals surface area contributed by atoms with Crippen molar-refractivity contribution in [1.29, 1.82) is 0 Å². The van der Waals surface area contributed by atoms with E-state index in [1.54, 1.807) is 30.3 Å². The van der Waals surface area contributed by atoms with Gasteiger partial charge in [0.05, 0.1) is 0 Å². The van der Waals surface area contributed by atoms with E-state index in [9.17, 15) is 9.59 Å². The van der Waals surface area contributed by atoms with Crippen LogP contribution in [0, 0.1) is 0 Å². The zero-order valence-corrected chi connectivity index (χ0v) is 12.6. The Bertz CT molecular complexity index is 911. The van der Waals surface area contributed by atoms with Gasteiger partial charge < -0.3 is 14.5 Å². The fraction of sp³-hybridized carbons (Fsp3) is 0.188. The molecule has 0 radical (unpaired) electrons. The van der Waals surface area contributed by atoms with Crippen molar-refractivity contribution < 1.29 is 13.9 Å². The Kier molecular flexibility index (Phi) is 3.84. The third kappa shape index (κ3) is 3.23. The van der Waals surface area contributed by atoms with Crippen molar-refractivity contribution in [2.24, 2.45) is 0 Å². The molecule has 1 amide bonds. The molecule has 3 aromatic rings. The number of hydrogen-bond acceptors (Lipinski definition) is 5. The number of benzene rings is 1. The Balaban J connectivity index is 1.90. The summed E-state index contributed by atoms with van der Waals surface area (Å²) in [5.41, 5.74) is 1.02. The number of pyridine rings is 1. The van der Waals surface area contributed by atoms with Crippen molar-refractivity contribution in [2.45, 2.75) is 19.9 Å². The van der Waals surface area contributed by atoms with Gasteiger partial charge in [-0.25, -0.2) is 9.78 Å². The monoisotopic (exact) mass is 313 g/mol. The number of amides is 1. The number of nitrogens with one attached hydrogen (secondary N) is 2. The lowest BCUT2D eigenvalue weighted by molar-refractivity contribution is 0.0943. The molecule has 118 valence electrons. The minimum atomic E-state index is -0.603. The molecule has 0 aliphatic rings. The van der Waals surface area contributed by atoms with E-state index in [1.807, 2.05) is 13.8 Å². The maximum atomic E-state index is 12.0. The predicted molar refractivity (Wildman–Crippen MR) is 83.7 cm³/mol. The number of aromatic amines is 1. The molecule has 0 fully saturated rings. The molecular weight excluding hydrogens is 298 g/mol. The number of ether oxygens (including phenoxy) is 1. The van der Waals surface area contributed by atoms with Crippen LogP contribution in [0.5, 0.6) is 11.5 Å². The number of hydrogen-bond donors (Lipinski definition) is 2. The largest absolute Gasteiger partial charge is 0.453 e. The fourth-order valence-corrected chi connectivity index (χ4v) is 2.09. The second-order valence-corrected chi connectivity index (χ2v) is 5.26. The van der Waals surface area contributed by atoms with Gasteiger partial charge in [0.15, 0.2) is 11.4 Å². The number of fused-ring (bicyclic) bond motifs is 1. The van der Waals surface area contributed by atoms with Gasteiger partial charge in [0.2, 0.25) is 5.58 Å². The summed E-state index contributed by atoms with van der Waals surface area (Å²) in [6.45, 7) is 3.78. The van der Waals surface area contributed by atoms with Crippen molar-refractivity contribution >= 4 is 17.1 Å². The Morgan fingerprint density at radius 3 is 2.96 bits per heavy atom. The first-order valence-corrected chi connectivity index (χ1v) is 7.09. The molecule has 3 rings (SSSR count). The van der Waals surface area contributed by atoms with Crippen LogP contribution in [0.15, 0.2) is 45.7 Å². The molecule has 1 aromatic carbocycles. The Hall–Kier alpha value is -3.09. The number of carbonyl (C=O) groups excluding carboxylic acids is 1. The molecule has 0 aliphatic heterocycles. The number of H-pyrrole nitrogens is 1. The highest BCUT2D eigenvalue weighted by Gasteiger charge is 2.12. The summed E-state index contributed by atoms with van der Waals surface area (Å²) < 4.78 is 10.8. The maximum absolute atomic E-state index is 12.0. The van der Waals surface area contributed by atoms with E-state index in [0.29, 0.717) is 22.7 Å². The molecule has 0 bridgehead atoms. The van der Waals surface area contributed by atoms with Gasteiger partial charge in [-0.15, -0.1) is 0 Å². The van der Waals surface area contributed by atoms with E-state index in [2.05, 4.69) is 15.3 Å². The first-order chi connectivity index (χ1) is 11.0. The van der Waals surface area contributed by atoms with Crippen LogP contribution in [-0.4, -0.2) is 21.9 Å². The lowest BCUT2D eigenvalue weighted by Gasteiger charge is -2.10. The van der Waals surface area contributed by atoms with Gasteiger partial charge >= 0.3 is 5.76 Å². The van der Waals surface area contributed by atoms with Crippen molar-refractivity contribution in [3.8, 4) is 11.5 Å². The average molecular weight is 313 g/mol. The predicted octanol–water partition coefficient (Wildman–Crippen LogP) is 2.45. The quantitative estimate of drug-likeness (QED) is 0.771. The number of rotatable bonds is 4. The first-order valence-electron chi connectivity index (χ1n) is 7.09. The third-order valence-electron chi connectivity index (χ3n) is 3.03. The van der Waals surface area contributed by atoms with Crippen molar-refractivity contribution in [3.63, 3.8) is 0 Å². The minimum absolute atomic E-state index is 0.0426. The molecule has 7 heteroatoms. The van der Waals surface area contributed by atoms with Crippen LogP contribution in [0.2, 0.25) is 0 Å². The Labute approximate surface area is 131 Å². The second kappa shape index (κ2) is 5.96. The number of aromatic nitrogens is 2. The van der Waals surface area contributed by atoms with Crippen LogP contribution < -0.4 is 15.8 Å². The molecule has 0 spiro atoms. The van der Waals surface area contributed by atoms with E-state index in [-0.39, 0.29) is 17.5 Å². The van der Waals surface area contributed by atoms with Crippen molar-refractivity contribution in [1.82, 2.24) is 15.3 Å². The molecule has 2 heterocycles. The van der Waals surface area contributed by atoms with Crippen LogP contribution >= 0.6 is 0 Å². The molecule has 0 atom stereocenters. The zero-order chi connectivity index (χ0) is 16.4. The molecule has 2 aromatic heterocycles. The average Bonchev–Trinajstić information content (AvgIpc) is 2.88. The van der Waals surface area contributed by atoms with E-state index < -0.39 is 5.76 Å². The van der Waals surface area contributed by atoms with Crippen molar-refractivity contribution in [2.75, 3.05) is 0 Å². The zero-order valence-electron chi connectivity index (χ0n) is 12.6. The molecule has 7 nitrogen and oxygen atoms in total. The van der Waals surface area contributed by atoms with Crippen molar-refractivity contribution in [3.05, 3.63) is 52.6 Å². The normalized spacial score (nSPS) is 10.9. The Morgan fingerprint density at radius 2 is 2.17 bits per heavy atom. The van der Waals surface area contributed by atoms with E-state index >= 15 is 0 Å². The molecule has 0 unspecified atom stereocenters. The summed E-state index contributed by atoms with van der Waals surface area (Å²) in [7, 11) is 0. The first kappa shape index (κ1) is 14.8. The molecule has 23 heavy (non-hydrogen) atoms. The van der Waals surface area contributed by atoms with Crippen LogP contribution in [-0.2, 0) is 0 Å². The molecule has 2 N–H and O–H groups in total. The molecule has 0 saturated carbocycles. The van der Waals surface area contributed by atoms with E-state index in [1.165, 1.54) is 6.20 Å². The molecule has 0 aliphatic carbocycles. The standard InChI is InChI=1S/C16H15N3O4/c1-9(2)18-15(20)10-4-3-5-11(8-10)22-12-6-7-17-14-13(12)23-16(21)19-14/h3-9H,1-2H3,(H,18,20)(H,17,19,21). The maximum Gasteiger partial charge on any atom is 0.418 e.